The van der Waals surface area contributed by atoms with E-state index in [2.05, 4.69) is 5.32 Å². The van der Waals surface area contributed by atoms with Gasteiger partial charge in [-0.25, -0.2) is 4.39 Å². The first-order chi connectivity index (χ1) is 8.56. The smallest absolute Gasteiger partial charge is 0.124 e. The number of hydrogen-bond acceptors (Lipinski definition) is 3. The Balaban J connectivity index is 2.13. The van der Waals surface area contributed by atoms with Crippen molar-refractivity contribution >= 4 is 33.7 Å². The summed E-state index contributed by atoms with van der Waals surface area (Å²) in [7, 11) is -0.687. The zero-order chi connectivity index (χ0) is 13.1. The second-order valence-corrected chi connectivity index (χ2v) is 6.46. The largest absolute Gasteiger partial charge is 0.389 e. The normalized spacial score (nSPS) is 23.6. The SMILES string of the molecule is NC(=S)c1cc(F)ccc1NC1CCS(=O)CC1. The molecule has 0 aliphatic carbocycles. The van der Waals surface area contributed by atoms with Gasteiger partial charge in [0.15, 0.2) is 0 Å². The van der Waals surface area contributed by atoms with E-state index in [9.17, 15) is 8.60 Å². The maximum Gasteiger partial charge on any atom is 0.124 e. The molecular weight excluding hydrogens is 271 g/mol. The van der Waals surface area contributed by atoms with Crippen LogP contribution >= 0.6 is 12.2 Å². The summed E-state index contributed by atoms with van der Waals surface area (Å²) in [6.45, 7) is 0. The van der Waals surface area contributed by atoms with E-state index in [0.717, 1.165) is 18.5 Å². The predicted octanol–water partition coefficient (Wildman–Crippen LogP) is 1.78. The number of rotatable bonds is 3. The first kappa shape index (κ1) is 13.4. The van der Waals surface area contributed by atoms with E-state index in [4.69, 9.17) is 18.0 Å². The van der Waals surface area contributed by atoms with Crippen molar-refractivity contribution in [3.05, 3.63) is 29.6 Å². The summed E-state index contributed by atoms with van der Waals surface area (Å²) < 4.78 is 24.4. The highest BCUT2D eigenvalue weighted by molar-refractivity contribution is 7.85. The summed E-state index contributed by atoms with van der Waals surface area (Å²) in [6, 6.07) is 4.62. The van der Waals surface area contributed by atoms with Crippen molar-refractivity contribution in [2.45, 2.75) is 18.9 Å². The van der Waals surface area contributed by atoms with Crippen molar-refractivity contribution in [3.63, 3.8) is 0 Å². The third kappa shape index (κ3) is 3.26. The summed E-state index contributed by atoms with van der Waals surface area (Å²) in [5.74, 6) is 1.07. The molecule has 1 aliphatic heterocycles. The molecule has 18 heavy (non-hydrogen) atoms. The van der Waals surface area contributed by atoms with E-state index in [-0.39, 0.29) is 16.8 Å². The van der Waals surface area contributed by atoms with Crippen LogP contribution in [0.1, 0.15) is 18.4 Å². The van der Waals surface area contributed by atoms with Crippen LogP contribution in [0.3, 0.4) is 0 Å². The number of benzene rings is 1. The van der Waals surface area contributed by atoms with Gasteiger partial charge in [-0.2, -0.15) is 0 Å². The molecule has 0 radical (unpaired) electrons. The van der Waals surface area contributed by atoms with Crippen LogP contribution in [0.4, 0.5) is 10.1 Å². The van der Waals surface area contributed by atoms with Gasteiger partial charge in [-0.15, -0.1) is 0 Å². The second-order valence-electron chi connectivity index (χ2n) is 4.32. The highest BCUT2D eigenvalue weighted by atomic mass is 32.2. The van der Waals surface area contributed by atoms with Crippen LogP contribution in [0.5, 0.6) is 0 Å². The molecule has 0 atom stereocenters. The second kappa shape index (κ2) is 5.75. The van der Waals surface area contributed by atoms with Crippen molar-refractivity contribution in [1.82, 2.24) is 0 Å². The number of nitrogens with one attached hydrogen (secondary N) is 1. The molecule has 1 saturated heterocycles. The van der Waals surface area contributed by atoms with Gasteiger partial charge >= 0.3 is 0 Å². The van der Waals surface area contributed by atoms with E-state index in [1.54, 1.807) is 6.07 Å². The van der Waals surface area contributed by atoms with Crippen molar-refractivity contribution < 1.29 is 8.60 Å². The lowest BCUT2D eigenvalue weighted by Gasteiger charge is -2.24. The third-order valence-electron chi connectivity index (χ3n) is 2.99. The molecular formula is C12H15FN2OS2. The van der Waals surface area contributed by atoms with Crippen molar-refractivity contribution in [2.24, 2.45) is 5.73 Å². The molecule has 2 rings (SSSR count). The molecule has 98 valence electrons. The van der Waals surface area contributed by atoms with Crippen LogP contribution in [0.25, 0.3) is 0 Å². The quantitative estimate of drug-likeness (QED) is 0.832. The Morgan fingerprint density at radius 2 is 2.11 bits per heavy atom. The molecule has 6 heteroatoms. The summed E-state index contributed by atoms with van der Waals surface area (Å²) >= 11 is 4.92. The molecule has 1 fully saturated rings. The molecule has 1 aromatic rings. The van der Waals surface area contributed by atoms with Crippen LogP contribution in [-0.2, 0) is 10.8 Å². The summed E-state index contributed by atoms with van der Waals surface area (Å²) in [5.41, 5.74) is 6.86. The average molecular weight is 286 g/mol. The Kier molecular flexibility index (Phi) is 4.29. The zero-order valence-corrected chi connectivity index (χ0v) is 11.5. The van der Waals surface area contributed by atoms with Gasteiger partial charge in [0, 0.05) is 39.6 Å². The van der Waals surface area contributed by atoms with Crippen LogP contribution < -0.4 is 11.1 Å². The Morgan fingerprint density at radius 3 is 2.72 bits per heavy atom. The molecule has 0 saturated carbocycles. The Labute approximate surface area is 113 Å². The number of nitrogens with two attached hydrogens (primary N) is 1. The van der Waals surface area contributed by atoms with Crippen molar-refractivity contribution in [1.29, 1.82) is 0 Å². The van der Waals surface area contributed by atoms with E-state index < -0.39 is 10.8 Å². The molecule has 1 heterocycles. The average Bonchev–Trinajstić information content (AvgIpc) is 2.34. The fourth-order valence-corrected chi connectivity index (χ4v) is 3.47. The summed E-state index contributed by atoms with van der Waals surface area (Å²) in [5, 5.41) is 3.31. The van der Waals surface area contributed by atoms with E-state index in [0.29, 0.717) is 17.1 Å². The van der Waals surface area contributed by atoms with Gasteiger partial charge in [0.25, 0.3) is 0 Å². The molecule has 3 nitrogen and oxygen atoms in total. The van der Waals surface area contributed by atoms with Crippen molar-refractivity contribution in [2.75, 3.05) is 16.8 Å². The van der Waals surface area contributed by atoms with Crippen LogP contribution in [0.15, 0.2) is 18.2 Å². The molecule has 0 aromatic heterocycles. The van der Waals surface area contributed by atoms with Gasteiger partial charge in [-0.05, 0) is 31.0 Å². The Hall–Kier alpha value is -1.01. The maximum absolute atomic E-state index is 13.2. The lowest BCUT2D eigenvalue weighted by Crippen LogP contribution is -2.30. The minimum Gasteiger partial charge on any atom is -0.389 e. The van der Waals surface area contributed by atoms with Gasteiger partial charge < -0.3 is 11.1 Å². The van der Waals surface area contributed by atoms with Gasteiger partial charge in [0.1, 0.15) is 10.8 Å². The van der Waals surface area contributed by atoms with Crippen LogP contribution in [-0.4, -0.2) is 26.7 Å². The number of hydrogen-bond donors (Lipinski definition) is 2. The standard InChI is InChI=1S/C12H15FN2OS2/c13-8-1-2-11(10(7-8)12(14)17)15-9-3-5-18(16)6-4-9/h1-2,7,9,15H,3-6H2,(H2,14,17). The molecule has 0 bridgehead atoms. The minimum atomic E-state index is -0.687. The first-order valence-electron chi connectivity index (χ1n) is 5.77. The summed E-state index contributed by atoms with van der Waals surface area (Å²) in [4.78, 5) is 0.177. The van der Waals surface area contributed by atoms with E-state index in [1.165, 1.54) is 12.1 Å². The third-order valence-corrected chi connectivity index (χ3v) is 4.60. The lowest BCUT2D eigenvalue weighted by molar-refractivity contribution is 0.620. The molecule has 0 amide bonds. The predicted molar refractivity (Wildman–Crippen MR) is 76.8 cm³/mol. The zero-order valence-electron chi connectivity index (χ0n) is 9.82. The summed E-state index contributed by atoms with van der Waals surface area (Å²) in [6.07, 6.45) is 1.70. The van der Waals surface area contributed by atoms with E-state index in [1.807, 2.05) is 0 Å². The molecule has 1 aliphatic rings. The maximum atomic E-state index is 13.2. The molecule has 0 unspecified atom stereocenters. The fourth-order valence-electron chi connectivity index (χ4n) is 2.00. The van der Waals surface area contributed by atoms with Crippen LogP contribution in [0.2, 0.25) is 0 Å². The number of halogens is 1. The number of anilines is 1. The van der Waals surface area contributed by atoms with Gasteiger partial charge in [0.05, 0.1) is 0 Å². The van der Waals surface area contributed by atoms with Gasteiger partial charge in [-0.3, -0.25) is 4.21 Å². The Morgan fingerprint density at radius 1 is 1.44 bits per heavy atom. The number of thiocarbonyl (C=S) groups is 1. The highest BCUT2D eigenvalue weighted by Crippen LogP contribution is 2.21. The lowest BCUT2D eigenvalue weighted by atomic mass is 10.1. The minimum absolute atomic E-state index is 0.177. The van der Waals surface area contributed by atoms with Crippen LogP contribution in [0, 0.1) is 5.82 Å². The molecule has 0 spiro atoms. The van der Waals surface area contributed by atoms with Crippen molar-refractivity contribution in [3.8, 4) is 0 Å². The Bertz CT molecular complexity index is 483. The molecule has 3 N–H and O–H groups in total. The van der Waals surface area contributed by atoms with E-state index >= 15 is 0 Å². The fraction of sp³-hybridized carbons (Fsp3) is 0.417. The monoisotopic (exact) mass is 286 g/mol. The topological polar surface area (TPSA) is 55.1 Å². The highest BCUT2D eigenvalue weighted by Gasteiger charge is 2.19. The first-order valence-corrected chi connectivity index (χ1v) is 7.67. The molecule has 1 aromatic carbocycles. The van der Waals surface area contributed by atoms with Gasteiger partial charge in [0.2, 0.25) is 0 Å². The van der Waals surface area contributed by atoms with Gasteiger partial charge in [-0.1, -0.05) is 12.2 Å².